The van der Waals surface area contributed by atoms with Crippen molar-refractivity contribution in [3.63, 3.8) is 0 Å². The highest BCUT2D eigenvalue weighted by molar-refractivity contribution is 7.92. The highest BCUT2D eigenvalue weighted by Gasteiger charge is 2.22. The van der Waals surface area contributed by atoms with Crippen molar-refractivity contribution in [1.29, 1.82) is 0 Å². The number of carbonyl (C=O) groups is 1. The summed E-state index contributed by atoms with van der Waals surface area (Å²) in [5.41, 5.74) is 7.26. The first-order chi connectivity index (χ1) is 20.0. The maximum Gasteiger partial charge on any atom is 0.267 e. The minimum Gasteiger partial charge on any atom is -0.480 e. The molecule has 214 valence electrons. The largest absolute Gasteiger partial charge is 0.480 e. The Morgan fingerprint density at radius 2 is 1.81 bits per heavy atom. The molecule has 5 rings (SSSR count). The van der Waals surface area contributed by atoms with Crippen LogP contribution >= 0.6 is 0 Å². The molecule has 0 aliphatic carbocycles. The molecule has 3 aromatic carbocycles. The van der Waals surface area contributed by atoms with Crippen LogP contribution in [0.15, 0.2) is 82.6 Å². The van der Waals surface area contributed by atoms with Gasteiger partial charge in [-0.3, -0.25) is 14.3 Å². The normalized spacial score (nSPS) is 11.3. The summed E-state index contributed by atoms with van der Waals surface area (Å²) < 4.78 is 62.0. The number of halogens is 2. The number of hydrogen-bond donors (Lipinski definition) is 3. The van der Waals surface area contributed by atoms with Crippen LogP contribution in [0, 0.1) is 11.6 Å². The second-order valence-corrected chi connectivity index (χ2v) is 10.6. The number of sulfonamides is 1. The Morgan fingerprint density at radius 3 is 2.52 bits per heavy atom. The number of amides is 1. The van der Waals surface area contributed by atoms with Gasteiger partial charge in [0.05, 0.1) is 23.7 Å². The van der Waals surface area contributed by atoms with E-state index < -0.39 is 32.1 Å². The van der Waals surface area contributed by atoms with Crippen LogP contribution in [0.5, 0.6) is 5.88 Å². The number of fused-ring (bicyclic) bond motifs is 1. The van der Waals surface area contributed by atoms with Crippen molar-refractivity contribution < 1.29 is 26.7 Å². The Labute approximate surface area is 237 Å². The SMILES string of the molecule is CNC(=O)c1cccc(-n2c(N)nc3ccc(-c4cnc(OC)c(NS(=O)(=O)c5ccc(F)cc5F)c4)cc3c2=O)c1. The molecule has 2 heterocycles. The van der Waals surface area contributed by atoms with Crippen LogP contribution in [0.2, 0.25) is 0 Å². The third kappa shape index (κ3) is 5.22. The summed E-state index contributed by atoms with van der Waals surface area (Å²) in [5, 5.41) is 2.70. The number of pyridine rings is 1. The number of nitrogens with two attached hydrogens (primary N) is 1. The predicted octanol–water partition coefficient (Wildman–Crippen LogP) is 3.48. The number of nitrogens with one attached hydrogen (secondary N) is 2. The molecular formula is C28H22F2N6O5S. The molecule has 0 fully saturated rings. The lowest BCUT2D eigenvalue weighted by atomic mass is 10.0. The van der Waals surface area contributed by atoms with Gasteiger partial charge in [0, 0.05) is 30.4 Å². The zero-order valence-electron chi connectivity index (χ0n) is 22.1. The average molecular weight is 593 g/mol. The third-order valence-corrected chi connectivity index (χ3v) is 7.69. The van der Waals surface area contributed by atoms with Gasteiger partial charge in [0.2, 0.25) is 11.8 Å². The van der Waals surface area contributed by atoms with Crippen molar-refractivity contribution in [3.05, 3.63) is 100 Å². The maximum atomic E-state index is 14.3. The Kier molecular flexibility index (Phi) is 7.31. The monoisotopic (exact) mass is 592 g/mol. The van der Waals surface area contributed by atoms with E-state index in [4.69, 9.17) is 10.5 Å². The van der Waals surface area contributed by atoms with Gasteiger partial charge < -0.3 is 15.8 Å². The van der Waals surface area contributed by atoms with Gasteiger partial charge in [-0.2, -0.15) is 0 Å². The lowest BCUT2D eigenvalue weighted by molar-refractivity contribution is 0.0963. The van der Waals surface area contributed by atoms with E-state index in [1.165, 1.54) is 43.1 Å². The topological polar surface area (TPSA) is 158 Å². The number of benzene rings is 3. The summed E-state index contributed by atoms with van der Waals surface area (Å²) in [6, 6.07) is 14.5. The second-order valence-electron chi connectivity index (χ2n) is 8.93. The summed E-state index contributed by atoms with van der Waals surface area (Å²) in [6.07, 6.45) is 1.40. The Bertz CT molecular complexity index is 2050. The van der Waals surface area contributed by atoms with E-state index in [9.17, 15) is 26.8 Å². The smallest absolute Gasteiger partial charge is 0.267 e. The van der Waals surface area contributed by atoms with E-state index in [1.54, 1.807) is 30.3 Å². The van der Waals surface area contributed by atoms with Crippen LogP contribution in [-0.2, 0) is 10.0 Å². The molecule has 1 amide bonds. The zero-order valence-corrected chi connectivity index (χ0v) is 22.9. The van der Waals surface area contributed by atoms with Gasteiger partial charge >= 0.3 is 0 Å². The molecule has 2 aromatic heterocycles. The number of methoxy groups -OCH3 is 1. The van der Waals surface area contributed by atoms with Crippen molar-refractivity contribution >= 4 is 38.5 Å². The molecular weight excluding hydrogens is 570 g/mol. The second kappa shape index (κ2) is 10.9. The maximum absolute atomic E-state index is 14.3. The standard InChI is InChI=1S/C28H22F2N6O5S/c1-32-25(37)16-4-3-5-19(10-16)36-27(38)20-11-15(6-8-22(20)34-28(36)31)17-12-23(26(41-2)33-14-17)35-42(39,40)24-9-7-18(29)13-21(24)30/h3-14,35H,1-2H3,(H2,31,34)(H,32,37). The summed E-state index contributed by atoms with van der Waals surface area (Å²) in [7, 11) is -1.75. The molecule has 0 saturated heterocycles. The Balaban J connectivity index is 1.59. The van der Waals surface area contributed by atoms with Crippen molar-refractivity contribution in [3.8, 4) is 22.7 Å². The zero-order chi connectivity index (χ0) is 30.2. The van der Waals surface area contributed by atoms with E-state index in [0.29, 0.717) is 34.0 Å². The fourth-order valence-corrected chi connectivity index (χ4v) is 5.41. The summed E-state index contributed by atoms with van der Waals surface area (Å²) in [6.45, 7) is 0. The number of anilines is 2. The number of carbonyl (C=O) groups excluding carboxylic acids is 1. The number of nitrogen functional groups attached to an aromatic ring is 1. The molecule has 0 radical (unpaired) electrons. The van der Waals surface area contributed by atoms with Gasteiger partial charge in [-0.25, -0.2) is 31.7 Å². The van der Waals surface area contributed by atoms with E-state index in [0.717, 1.165) is 12.1 Å². The first-order valence-corrected chi connectivity index (χ1v) is 13.7. The van der Waals surface area contributed by atoms with E-state index in [-0.39, 0.29) is 28.8 Å². The van der Waals surface area contributed by atoms with Gasteiger partial charge in [-0.15, -0.1) is 0 Å². The molecule has 5 aromatic rings. The van der Waals surface area contributed by atoms with Crippen molar-refractivity contribution in [2.45, 2.75) is 4.90 Å². The summed E-state index contributed by atoms with van der Waals surface area (Å²) in [4.78, 5) is 33.4. The van der Waals surface area contributed by atoms with Crippen LogP contribution in [-0.4, -0.2) is 43.0 Å². The average Bonchev–Trinajstić information content (AvgIpc) is 2.96. The molecule has 0 bridgehead atoms. The van der Waals surface area contributed by atoms with Gasteiger partial charge in [-0.05, 0) is 54.1 Å². The van der Waals surface area contributed by atoms with E-state index in [2.05, 4.69) is 20.0 Å². The molecule has 42 heavy (non-hydrogen) atoms. The fraction of sp³-hybridized carbons (Fsp3) is 0.0714. The molecule has 0 aliphatic rings. The molecule has 0 atom stereocenters. The molecule has 0 saturated carbocycles. The highest BCUT2D eigenvalue weighted by atomic mass is 32.2. The Hall–Kier alpha value is -5.37. The summed E-state index contributed by atoms with van der Waals surface area (Å²) >= 11 is 0. The van der Waals surface area contributed by atoms with E-state index >= 15 is 0 Å². The number of rotatable bonds is 7. The quantitative estimate of drug-likeness (QED) is 0.259. The van der Waals surface area contributed by atoms with Gasteiger partial charge in [-0.1, -0.05) is 12.1 Å². The van der Waals surface area contributed by atoms with Crippen LogP contribution in [0.3, 0.4) is 0 Å². The van der Waals surface area contributed by atoms with Crippen LogP contribution in [0.4, 0.5) is 20.4 Å². The molecule has 14 heteroatoms. The lowest BCUT2D eigenvalue weighted by Crippen LogP contribution is -2.24. The first-order valence-electron chi connectivity index (χ1n) is 12.2. The van der Waals surface area contributed by atoms with Crippen molar-refractivity contribution in [2.75, 3.05) is 24.6 Å². The minimum atomic E-state index is -4.50. The molecule has 0 spiro atoms. The number of ether oxygens (including phenoxy) is 1. The predicted molar refractivity (Wildman–Crippen MR) is 152 cm³/mol. The lowest BCUT2D eigenvalue weighted by Gasteiger charge is -2.14. The van der Waals surface area contributed by atoms with Gasteiger partial charge in [0.15, 0.2) is 0 Å². The molecule has 4 N–H and O–H groups in total. The van der Waals surface area contributed by atoms with Crippen LogP contribution in [0.25, 0.3) is 27.7 Å². The number of aromatic nitrogens is 3. The first kappa shape index (κ1) is 28.2. The van der Waals surface area contributed by atoms with Gasteiger partial charge in [0.1, 0.15) is 22.2 Å². The molecule has 0 unspecified atom stereocenters. The van der Waals surface area contributed by atoms with Crippen LogP contribution < -0.4 is 26.1 Å². The summed E-state index contributed by atoms with van der Waals surface area (Å²) in [5.74, 6) is -2.76. The highest BCUT2D eigenvalue weighted by Crippen LogP contribution is 2.31. The Morgan fingerprint density at radius 1 is 1.02 bits per heavy atom. The van der Waals surface area contributed by atoms with Crippen molar-refractivity contribution in [1.82, 2.24) is 19.9 Å². The van der Waals surface area contributed by atoms with E-state index in [1.807, 2.05) is 0 Å². The van der Waals surface area contributed by atoms with Crippen LogP contribution in [0.1, 0.15) is 10.4 Å². The van der Waals surface area contributed by atoms with Gasteiger partial charge in [0.25, 0.3) is 21.5 Å². The molecule has 0 aliphatic heterocycles. The minimum absolute atomic E-state index is 0.0925. The molecule has 11 nitrogen and oxygen atoms in total. The number of hydrogen-bond acceptors (Lipinski definition) is 8. The fourth-order valence-electron chi connectivity index (χ4n) is 4.30. The number of nitrogens with zero attached hydrogens (tertiary/aromatic N) is 3. The van der Waals surface area contributed by atoms with Crippen molar-refractivity contribution in [2.24, 2.45) is 0 Å². The third-order valence-electron chi connectivity index (χ3n) is 6.29.